The highest BCUT2D eigenvalue weighted by atomic mass is 32.1. The smallest absolute Gasteiger partial charge is 0.0940 e. The van der Waals surface area contributed by atoms with E-state index >= 15 is 0 Å². The van der Waals surface area contributed by atoms with Crippen LogP contribution in [0.15, 0.2) is 5.38 Å². The number of aryl methyl sites for hydroxylation is 1. The third-order valence-corrected chi connectivity index (χ3v) is 5.76. The van der Waals surface area contributed by atoms with Crippen molar-refractivity contribution in [3.8, 4) is 0 Å². The number of piperazine rings is 1. The van der Waals surface area contributed by atoms with Crippen LogP contribution in [-0.2, 0) is 6.42 Å². The Morgan fingerprint density at radius 2 is 2.25 bits per heavy atom. The first-order valence-electron chi connectivity index (χ1n) is 8.02. The van der Waals surface area contributed by atoms with Crippen molar-refractivity contribution >= 4 is 11.3 Å². The lowest BCUT2D eigenvalue weighted by Gasteiger charge is -2.42. The first-order chi connectivity index (χ1) is 9.63. The summed E-state index contributed by atoms with van der Waals surface area (Å²) in [6.45, 7) is 10.4. The van der Waals surface area contributed by atoms with Crippen LogP contribution in [0.4, 0.5) is 0 Å². The Kier molecular flexibility index (Phi) is 4.43. The molecule has 1 saturated heterocycles. The van der Waals surface area contributed by atoms with Gasteiger partial charge in [-0.3, -0.25) is 4.90 Å². The fourth-order valence-corrected chi connectivity index (χ4v) is 4.10. The van der Waals surface area contributed by atoms with Crippen molar-refractivity contribution in [2.24, 2.45) is 11.8 Å². The molecule has 1 N–H and O–H groups in total. The van der Waals surface area contributed by atoms with Crippen LogP contribution in [0.2, 0.25) is 0 Å². The summed E-state index contributed by atoms with van der Waals surface area (Å²) >= 11 is 1.81. The number of aromatic nitrogens is 1. The van der Waals surface area contributed by atoms with Gasteiger partial charge in [0, 0.05) is 49.2 Å². The summed E-state index contributed by atoms with van der Waals surface area (Å²) in [7, 11) is 0. The molecule has 1 aliphatic heterocycles. The van der Waals surface area contributed by atoms with E-state index in [-0.39, 0.29) is 0 Å². The predicted molar refractivity (Wildman–Crippen MR) is 85.3 cm³/mol. The molecule has 2 fully saturated rings. The number of nitrogens with one attached hydrogen (secondary N) is 1. The molecule has 0 amide bonds. The van der Waals surface area contributed by atoms with Crippen molar-refractivity contribution in [2.75, 3.05) is 19.6 Å². The standard InChI is InChI=1S/C16H27N3S/c1-11(2)15-8-17-14(13-4-5-13)9-19(15)7-6-16-18-12(3)10-20-16/h10-11,13-15,17H,4-9H2,1-3H3. The highest BCUT2D eigenvalue weighted by Crippen LogP contribution is 2.34. The molecule has 1 saturated carbocycles. The second-order valence-electron chi connectivity index (χ2n) is 6.79. The van der Waals surface area contributed by atoms with Crippen LogP contribution >= 0.6 is 11.3 Å². The minimum atomic E-state index is 0.686. The predicted octanol–water partition coefficient (Wildman–Crippen LogP) is 2.70. The van der Waals surface area contributed by atoms with E-state index in [1.807, 2.05) is 11.3 Å². The molecule has 2 atom stereocenters. The summed E-state index contributed by atoms with van der Waals surface area (Å²) in [6, 6.07) is 1.43. The summed E-state index contributed by atoms with van der Waals surface area (Å²) in [5.74, 6) is 1.67. The molecule has 3 rings (SSSR count). The van der Waals surface area contributed by atoms with E-state index in [0.29, 0.717) is 6.04 Å². The Labute approximate surface area is 126 Å². The largest absolute Gasteiger partial charge is 0.311 e. The molecule has 0 spiro atoms. The van der Waals surface area contributed by atoms with Gasteiger partial charge in [0.05, 0.1) is 5.01 Å². The van der Waals surface area contributed by atoms with Gasteiger partial charge in [0.15, 0.2) is 0 Å². The second kappa shape index (κ2) is 6.12. The Balaban J connectivity index is 1.59. The third-order valence-electron chi connectivity index (χ3n) is 4.73. The number of nitrogens with zero attached hydrogens (tertiary/aromatic N) is 2. The summed E-state index contributed by atoms with van der Waals surface area (Å²) in [6.07, 6.45) is 3.98. The van der Waals surface area contributed by atoms with E-state index < -0.39 is 0 Å². The molecule has 2 unspecified atom stereocenters. The number of thiazole rings is 1. The van der Waals surface area contributed by atoms with Gasteiger partial charge in [-0.1, -0.05) is 13.8 Å². The minimum Gasteiger partial charge on any atom is -0.311 e. The van der Waals surface area contributed by atoms with E-state index in [9.17, 15) is 0 Å². The van der Waals surface area contributed by atoms with Gasteiger partial charge in [0.2, 0.25) is 0 Å². The molecule has 3 nitrogen and oxygen atoms in total. The molecule has 1 aromatic rings. The van der Waals surface area contributed by atoms with Crippen LogP contribution in [-0.4, -0.2) is 41.6 Å². The fraction of sp³-hybridized carbons (Fsp3) is 0.812. The maximum atomic E-state index is 4.61. The van der Waals surface area contributed by atoms with Crippen molar-refractivity contribution in [3.63, 3.8) is 0 Å². The first kappa shape index (κ1) is 14.5. The van der Waals surface area contributed by atoms with Crippen LogP contribution in [0.3, 0.4) is 0 Å². The highest BCUT2D eigenvalue weighted by Gasteiger charge is 2.37. The van der Waals surface area contributed by atoms with Crippen molar-refractivity contribution in [2.45, 2.75) is 52.1 Å². The molecule has 2 aliphatic rings. The van der Waals surface area contributed by atoms with E-state index in [1.165, 1.54) is 36.6 Å². The van der Waals surface area contributed by atoms with Crippen LogP contribution in [0, 0.1) is 18.8 Å². The van der Waals surface area contributed by atoms with Crippen LogP contribution in [0.5, 0.6) is 0 Å². The lowest BCUT2D eigenvalue weighted by Crippen LogP contribution is -2.59. The summed E-state index contributed by atoms with van der Waals surface area (Å²) in [5, 5.41) is 7.25. The average molecular weight is 293 g/mol. The first-order valence-corrected chi connectivity index (χ1v) is 8.90. The van der Waals surface area contributed by atoms with Gasteiger partial charge >= 0.3 is 0 Å². The lowest BCUT2D eigenvalue weighted by molar-refractivity contribution is 0.0935. The minimum absolute atomic E-state index is 0.686. The van der Waals surface area contributed by atoms with Crippen molar-refractivity contribution in [3.05, 3.63) is 16.1 Å². The van der Waals surface area contributed by atoms with E-state index in [1.54, 1.807) is 0 Å². The molecule has 2 heterocycles. The molecular weight excluding hydrogens is 266 g/mol. The van der Waals surface area contributed by atoms with Crippen molar-refractivity contribution in [1.29, 1.82) is 0 Å². The third kappa shape index (κ3) is 3.41. The summed E-state index contributed by atoms with van der Waals surface area (Å²) in [5.41, 5.74) is 1.17. The maximum absolute atomic E-state index is 4.61. The average Bonchev–Trinajstić information content (AvgIpc) is 3.19. The topological polar surface area (TPSA) is 28.2 Å². The number of hydrogen-bond donors (Lipinski definition) is 1. The summed E-state index contributed by atoms with van der Waals surface area (Å²) in [4.78, 5) is 7.33. The zero-order valence-electron chi connectivity index (χ0n) is 12.9. The quantitative estimate of drug-likeness (QED) is 0.905. The Bertz CT molecular complexity index is 439. The summed E-state index contributed by atoms with van der Waals surface area (Å²) < 4.78 is 0. The van der Waals surface area contributed by atoms with Gasteiger partial charge in [-0.05, 0) is 31.6 Å². The van der Waals surface area contributed by atoms with Gasteiger partial charge in [-0.25, -0.2) is 4.98 Å². The van der Waals surface area contributed by atoms with Crippen LogP contribution in [0.25, 0.3) is 0 Å². The molecule has 0 radical (unpaired) electrons. The van der Waals surface area contributed by atoms with E-state index in [4.69, 9.17) is 0 Å². The zero-order chi connectivity index (χ0) is 14.1. The number of hydrogen-bond acceptors (Lipinski definition) is 4. The fourth-order valence-electron chi connectivity index (χ4n) is 3.34. The maximum Gasteiger partial charge on any atom is 0.0940 e. The van der Waals surface area contributed by atoms with Crippen LogP contribution in [0.1, 0.15) is 37.4 Å². The molecule has 4 heteroatoms. The molecule has 0 aromatic carbocycles. The van der Waals surface area contributed by atoms with Crippen molar-refractivity contribution < 1.29 is 0 Å². The molecule has 20 heavy (non-hydrogen) atoms. The van der Waals surface area contributed by atoms with E-state index in [2.05, 4.69) is 41.4 Å². The Morgan fingerprint density at radius 3 is 2.85 bits per heavy atom. The zero-order valence-corrected chi connectivity index (χ0v) is 13.7. The highest BCUT2D eigenvalue weighted by molar-refractivity contribution is 7.09. The molecule has 1 aliphatic carbocycles. The molecule has 112 valence electrons. The monoisotopic (exact) mass is 293 g/mol. The number of rotatable bonds is 5. The SMILES string of the molecule is Cc1csc(CCN2CC(C3CC3)NCC2C(C)C)n1. The van der Waals surface area contributed by atoms with Crippen molar-refractivity contribution in [1.82, 2.24) is 15.2 Å². The molecule has 1 aromatic heterocycles. The van der Waals surface area contributed by atoms with Crippen LogP contribution < -0.4 is 5.32 Å². The van der Waals surface area contributed by atoms with Gasteiger partial charge in [-0.2, -0.15) is 0 Å². The molecule has 0 bridgehead atoms. The Morgan fingerprint density at radius 1 is 1.45 bits per heavy atom. The molecular formula is C16H27N3S. The normalized spacial score (nSPS) is 28.2. The van der Waals surface area contributed by atoms with Gasteiger partial charge in [-0.15, -0.1) is 11.3 Å². The lowest BCUT2D eigenvalue weighted by atomic mass is 9.97. The van der Waals surface area contributed by atoms with Gasteiger partial charge in [0.1, 0.15) is 0 Å². The second-order valence-corrected chi connectivity index (χ2v) is 7.73. The van der Waals surface area contributed by atoms with Gasteiger partial charge in [0.25, 0.3) is 0 Å². The van der Waals surface area contributed by atoms with Gasteiger partial charge < -0.3 is 5.32 Å². The Hall–Kier alpha value is -0.450. The van der Waals surface area contributed by atoms with E-state index in [0.717, 1.165) is 30.8 Å².